The molecule has 0 aromatic heterocycles. The Kier molecular flexibility index (Phi) is 26.6. The first-order valence-electron chi connectivity index (χ1n) is 13.6. The first-order chi connectivity index (χ1) is 13.7. The lowest BCUT2D eigenvalue weighted by Gasteiger charge is -2.39. The molecular formula is C27H58ClN. The van der Waals surface area contributed by atoms with Gasteiger partial charge in [-0.2, -0.15) is 0 Å². The molecule has 0 rings (SSSR count). The van der Waals surface area contributed by atoms with E-state index < -0.39 is 0 Å². The zero-order chi connectivity index (χ0) is 20.8. The molecule has 0 N–H and O–H groups in total. The summed E-state index contributed by atoms with van der Waals surface area (Å²) in [6, 6.07) is 0. The van der Waals surface area contributed by atoms with Crippen LogP contribution in [0.15, 0.2) is 0 Å². The van der Waals surface area contributed by atoms with Crippen molar-refractivity contribution in [1.29, 1.82) is 0 Å². The summed E-state index contributed by atoms with van der Waals surface area (Å²) >= 11 is 0. The van der Waals surface area contributed by atoms with Crippen LogP contribution in [0.3, 0.4) is 0 Å². The average molecular weight is 432 g/mol. The molecule has 0 aliphatic rings. The van der Waals surface area contributed by atoms with Crippen molar-refractivity contribution >= 4 is 0 Å². The van der Waals surface area contributed by atoms with Crippen LogP contribution in [0, 0.1) is 0 Å². The third kappa shape index (κ3) is 19.9. The van der Waals surface area contributed by atoms with Crippen molar-refractivity contribution in [2.45, 2.75) is 150 Å². The number of quaternary nitrogens is 1. The lowest BCUT2D eigenvalue weighted by molar-refractivity contribution is -0.929. The van der Waals surface area contributed by atoms with Crippen molar-refractivity contribution in [2.75, 3.05) is 26.2 Å². The van der Waals surface area contributed by atoms with Crippen molar-refractivity contribution < 1.29 is 16.9 Å². The molecule has 0 aliphatic heterocycles. The number of hydrogen-bond acceptors (Lipinski definition) is 0. The van der Waals surface area contributed by atoms with Crippen LogP contribution in [0.4, 0.5) is 0 Å². The third-order valence-corrected chi connectivity index (χ3v) is 6.69. The summed E-state index contributed by atoms with van der Waals surface area (Å²) in [5.74, 6) is 0. The van der Waals surface area contributed by atoms with Gasteiger partial charge in [0.1, 0.15) is 0 Å². The van der Waals surface area contributed by atoms with E-state index in [-0.39, 0.29) is 12.4 Å². The summed E-state index contributed by atoms with van der Waals surface area (Å²) in [5, 5.41) is 0. The largest absolute Gasteiger partial charge is 1.00 e. The molecule has 0 heterocycles. The molecule has 178 valence electrons. The molecule has 0 aromatic rings. The van der Waals surface area contributed by atoms with Gasteiger partial charge in [-0.05, 0) is 51.4 Å². The van der Waals surface area contributed by atoms with E-state index in [2.05, 4.69) is 27.7 Å². The molecule has 29 heavy (non-hydrogen) atoms. The Morgan fingerprint density at radius 1 is 0.310 bits per heavy atom. The quantitative estimate of drug-likeness (QED) is 0.131. The van der Waals surface area contributed by atoms with Crippen molar-refractivity contribution in [3.63, 3.8) is 0 Å². The smallest absolute Gasteiger partial charge is 0.0786 e. The summed E-state index contributed by atoms with van der Waals surface area (Å²) < 4.78 is 1.46. The Hall–Kier alpha value is 0.250. The lowest BCUT2D eigenvalue weighted by atomic mass is 10.1. The first kappa shape index (κ1) is 31.4. The summed E-state index contributed by atoms with van der Waals surface area (Å²) in [6.45, 7) is 15.2. The molecule has 2 heteroatoms. The maximum absolute atomic E-state index is 2.35. The molecule has 0 amide bonds. The first-order valence-corrected chi connectivity index (χ1v) is 13.6. The Labute approximate surface area is 192 Å². The fourth-order valence-electron chi connectivity index (χ4n) is 4.70. The van der Waals surface area contributed by atoms with Crippen LogP contribution in [-0.2, 0) is 0 Å². The van der Waals surface area contributed by atoms with Crippen LogP contribution in [0.5, 0.6) is 0 Å². The van der Waals surface area contributed by atoms with E-state index in [4.69, 9.17) is 0 Å². The zero-order valence-corrected chi connectivity index (χ0v) is 21.8. The number of nitrogens with zero attached hydrogens (tertiary/aromatic N) is 1. The van der Waals surface area contributed by atoms with Gasteiger partial charge in [-0.1, -0.05) is 98.3 Å². The highest BCUT2D eigenvalue weighted by Crippen LogP contribution is 2.19. The van der Waals surface area contributed by atoms with Crippen LogP contribution in [0.2, 0.25) is 0 Å². The van der Waals surface area contributed by atoms with Crippen LogP contribution in [0.25, 0.3) is 0 Å². The van der Waals surface area contributed by atoms with Gasteiger partial charge in [0.15, 0.2) is 0 Å². The summed E-state index contributed by atoms with van der Waals surface area (Å²) in [4.78, 5) is 0. The second-order valence-electron chi connectivity index (χ2n) is 9.54. The topological polar surface area (TPSA) is 0 Å². The SMILES string of the molecule is CCCCCCCCCCCC[N+](CCCCC)(CCCCC)CCCCC.[Cl-]. The Morgan fingerprint density at radius 2 is 0.517 bits per heavy atom. The summed E-state index contributed by atoms with van der Waals surface area (Å²) in [7, 11) is 0. The van der Waals surface area contributed by atoms with E-state index in [1.807, 2.05) is 0 Å². The van der Waals surface area contributed by atoms with Crippen molar-refractivity contribution in [1.82, 2.24) is 0 Å². The molecule has 0 aromatic carbocycles. The number of rotatable bonds is 23. The van der Waals surface area contributed by atoms with Gasteiger partial charge < -0.3 is 16.9 Å². The molecule has 0 bridgehead atoms. The standard InChI is InChI=1S/C27H58N.ClH/c1-5-9-13-14-15-16-17-18-19-23-27-28(24-20-10-6-2,25-21-11-7-3)26-22-12-8-4;/h5-27H2,1-4H3;1H/q+1;/p-1. The Morgan fingerprint density at radius 3 is 0.828 bits per heavy atom. The molecule has 1 nitrogen and oxygen atoms in total. The van der Waals surface area contributed by atoms with Gasteiger partial charge in [-0.15, -0.1) is 0 Å². The molecule has 0 spiro atoms. The van der Waals surface area contributed by atoms with Gasteiger partial charge in [0.05, 0.1) is 26.2 Å². The average Bonchev–Trinajstić information content (AvgIpc) is 2.70. The van der Waals surface area contributed by atoms with Crippen LogP contribution in [-0.4, -0.2) is 30.7 Å². The fourth-order valence-corrected chi connectivity index (χ4v) is 4.70. The van der Waals surface area contributed by atoms with Gasteiger partial charge in [0, 0.05) is 0 Å². The van der Waals surface area contributed by atoms with E-state index in [0.717, 1.165) is 0 Å². The van der Waals surface area contributed by atoms with Crippen LogP contribution < -0.4 is 12.4 Å². The van der Waals surface area contributed by atoms with Crippen molar-refractivity contribution in [3.8, 4) is 0 Å². The van der Waals surface area contributed by atoms with Gasteiger partial charge in [0.25, 0.3) is 0 Å². The second-order valence-corrected chi connectivity index (χ2v) is 9.54. The van der Waals surface area contributed by atoms with Crippen LogP contribution >= 0.6 is 0 Å². The van der Waals surface area contributed by atoms with Gasteiger partial charge in [0.2, 0.25) is 0 Å². The predicted octanol–water partition coefficient (Wildman–Crippen LogP) is 6.30. The highest BCUT2D eigenvalue weighted by molar-refractivity contribution is 4.53. The van der Waals surface area contributed by atoms with E-state index in [9.17, 15) is 0 Å². The minimum absolute atomic E-state index is 0. The molecule has 0 atom stereocenters. The maximum Gasteiger partial charge on any atom is 0.0786 e. The molecule has 0 saturated heterocycles. The minimum Gasteiger partial charge on any atom is -1.00 e. The molecule has 0 fully saturated rings. The van der Waals surface area contributed by atoms with Crippen LogP contribution in [0.1, 0.15) is 150 Å². The van der Waals surface area contributed by atoms with E-state index in [1.54, 1.807) is 0 Å². The maximum atomic E-state index is 2.35. The predicted molar refractivity (Wildman–Crippen MR) is 130 cm³/mol. The number of unbranched alkanes of at least 4 members (excludes halogenated alkanes) is 15. The van der Waals surface area contributed by atoms with E-state index in [1.165, 1.54) is 153 Å². The monoisotopic (exact) mass is 431 g/mol. The molecule has 0 radical (unpaired) electrons. The highest BCUT2D eigenvalue weighted by Gasteiger charge is 2.25. The number of hydrogen-bond donors (Lipinski definition) is 0. The van der Waals surface area contributed by atoms with Gasteiger partial charge in [-0.25, -0.2) is 0 Å². The molecule has 0 unspecified atom stereocenters. The molecular weight excluding hydrogens is 374 g/mol. The molecule has 0 aliphatic carbocycles. The summed E-state index contributed by atoms with van der Waals surface area (Å²) in [6.07, 6.45) is 27.3. The zero-order valence-electron chi connectivity index (χ0n) is 21.1. The minimum atomic E-state index is 0. The lowest BCUT2D eigenvalue weighted by Crippen LogP contribution is -3.00. The highest BCUT2D eigenvalue weighted by atomic mass is 35.5. The van der Waals surface area contributed by atoms with Crippen molar-refractivity contribution in [2.24, 2.45) is 0 Å². The number of halogens is 1. The van der Waals surface area contributed by atoms with Crippen molar-refractivity contribution in [3.05, 3.63) is 0 Å². The third-order valence-electron chi connectivity index (χ3n) is 6.69. The van der Waals surface area contributed by atoms with E-state index in [0.29, 0.717) is 0 Å². The molecule has 0 saturated carbocycles. The van der Waals surface area contributed by atoms with Gasteiger partial charge >= 0.3 is 0 Å². The Balaban J connectivity index is 0. The normalized spacial score (nSPS) is 11.6. The van der Waals surface area contributed by atoms with Gasteiger partial charge in [-0.3, -0.25) is 0 Å². The van der Waals surface area contributed by atoms with E-state index >= 15 is 0 Å². The summed E-state index contributed by atoms with van der Waals surface area (Å²) in [5.41, 5.74) is 0. The second kappa shape index (κ2) is 24.5. The fraction of sp³-hybridized carbons (Fsp3) is 1.00. The Bertz CT molecular complexity index is 266.